The number of nitrogens with one attached hydrogen (secondary N) is 1. The maximum atomic E-state index is 11.8. The van der Waals surface area contributed by atoms with Crippen LogP contribution in [0.4, 0.5) is 0 Å². The molecule has 4 heteroatoms. The van der Waals surface area contributed by atoms with Crippen LogP contribution in [0.5, 0.6) is 0 Å². The third-order valence-corrected chi connectivity index (χ3v) is 3.47. The van der Waals surface area contributed by atoms with Gasteiger partial charge in [-0.2, -0.15) is 0 Å². The van der Waals surface area contributed by atoms with Crippen molar-refractivity contribution in [3.8, 4) is 0 Å². The van der Waals surface area contributed by atoms with Crippen LogP contribution in [0.25, 0.3) is 0 Å². The third-order valence-electron chi connectivity index (χ3n) is 3.47. The van der Waals surface area contributed by atoms with Gasteiger partial charge in [-0.1, -0.05) is 12.2 Å². The van der Waals surface area contributed by atoms with Crippen LogP contribution in [-0.2, 0) is 14.3 Å². The number of methoxy groups -OCH3 is 1. The van der Waals surface area contributed by atoms with E-state index in [4.69, 9.17) is 0 Å². The van der Waals surface area contributed by atoms with Crippen molar-refractivity contribution in [2.45, 2.75) is 19.3 Å². The molecule has 2 aliphatic carbocycles. The zero-order chi connectivity index (χ0) is 11.5. The van der Waals surface area contributed by atoms with Crippen LogP contribution >= 0.6 is 0 Å². The number of rotatable bonds is 4. The first-order chi connectivity index (χ1) is 7.70. The molecule has 1 amide bonds. The second kappa shape index (κ2) is 4.68. The van der Waals surface area contributed by atoms with Gasteiger partial charge >= 0.3 is 5.97 Å². The largest absolute Gasteiger partial charge is 0.469 e. The number of carbonyl (C=O) groups is 2. The van der Waals surface area contributed by atoms with Gasteiger partial charge in [0.15, 0.2) is 0 Å². The zero-order valence-electron chi connectivity index (χ0n) is 9.44. The summed E-state index contributed by atoms with van der Waals surface area (Å²) < 4.78 is 4.51. The van der Waals surface area contributed by atoms with Crippen LogP contribution in [0.1, 0.15) is 19.3 Å². The number of esters is 1. The lowest BCUT2D eigenvalue weighted by Gasteiger charge is -2.17. The van der Waals surface area contributed by atoms with E-state index in [9.17, 15) is 9.59 Å². The van der Waals surface area contributed by atoms with E-state index in [0.717, 1.165) is 12.8 Å². The monoisotopic (exact) mass is 223 g/mol. The van der Waals surface area contributed by atoms with E-state index in [-0.39, 0.29) is 24.2 Å². The van der Waals surface area contributed by atoms with Crippen molar-refractivity contribution in [1.29, 1.82) is 0 Å². The molecule has 1 N–H and O–H groups in total. The molecular weight excluding hydrogens is 206 g/mol. The topological polar surface area (TPSA) is 55.4 Å². The average Bonchev–Trinajstić information content (AvgIpc) is 2.90. The Hall–Kier alpha value is -1.32. The first-order valence-electron chi connectivity index (χ1n) is 5.73. The Morgan fingerprint density at radius 1 is 1.38 bits per heavy atom. The Bertz CT molecular complexity index is 324. The highest BCUT2D eigenvalue weighted by Gasteiger charge is 2.39. The number of hydrogen-bond donors (Lipinski definition) is 1. The highest BCUT2D eigenvalue weighted by molar-refractivity contribution is 5.80. The molecule has 0 saturated heterocycles. The fourth-order valence-electron chi connectivity index (χ4n) is 2.60. The minimum atomic E-state index is -0.284. The van der Waals surface area contributed by atoms with E-state index in [1.807, 2.05) is 0 Å². The normalized spacial score (nSPS) is 30.4. The van der Waals surface area contributed by atoms with E-state index in [2.05, 4.69) is 22.2 Å². The van der Waals surface area contributed by atoms with E-state index in [1.54, 1.807) is 0 Å². The van der Waals surface area contributed by atoms with Gasteiger partial charge in [0.25, 0.3) is 0 Å². The van der Waals surface area contributed by atoms with Gasteiger partial charge in [-0.3, -0.25) is 9.59 Å². The lowest BCUT2D eigenvalue weighted by molar-refractivity contribution is -0.140. The molecule has 0 aromatic heterocycles. The first kappa shape index (κ1) is 11.2. The van der Waals surface area contributed by atoms with Crippen molar-refractivity contribution >= 4 is 11.9 Å². The van der Waals surface area contributed by atoms with Crippen LogP contribution in [0.2, 0.25) is 0 Å². The van der Waals surface area contributed by atoms with Crippen LogP contribution < -0.4 is 5.32 Å². The summed E-state index contributed by atoms with van der Waals surface area (Å²) in [5.74, 6) is 0.936. The molecule has 0 radical (unpaired) electrons. The van der Waals surface area contributed by atoms with Gasteiger partial charge in [0.1, 0.15) is 0 Å². The smallest absolute Gasteiger partial charge is 0.307 e. The quantitative estimate of drug-likeness (QED) is 0.568. The summed E-state index contributed by atoms with van der Waals surface area (Å²) in [6.07, 6.45) is 6.70. The Balaban J connectivity index is 1.73. The minimum Gasteiger partial charge on any atom is -0.469 e. The standard InChI is InChI=1S/C12H17NO3/c1-16-11(14)4-5-13-12(15)10-7-8-2-3-9(10)6-8/h2-3,8-10H,4-7H2,1H3,(H,13,15). The van der Waals surface area contributed by atoms with Gasteiger partial charge in [0.05, 0.1) is 13.5 Å². The molecule has 2 rings (SSSR count). The lowest BCUT2D eigenvalue weighted by Crippen LogP contribution is -2.34. The van der Waals surface area contributed by atoms with Gasteiger partial charge in [0.2, 0.25) is 5.91 Å². The second-order valence-corrected chi connectivity index (χ2v) is 4.50. The molecule has 0 aromatic carbocycles. The maximum Gasteiger partial charge on any atom is 0.307 e. The van der Waals surface area contributed by atoms with Crippen LogP contribution in [0, 0.1) is 17.8 Å². The summed E-state index contributed by atoms with van der Waals surface area (Å²) in [5.41, 5.74) is 0. The van der Waals surface area contributed by atoms with Gasteiger partial charge in [-0.25, -0.2) is 0 Å². The van der Waals surface area contributed by atoms with E-state index >= 15 is 0 Å². The summed E-state index contributed by atoms with van der Waals surface area (Å²) in [6.45, 7) is 0.378. The van der Waals surface area contributed by atoms with E-state index < -0.39 is 0 Å². The second-order valence-electron chi connectivity index (χ2n) is 4.50. The molecule has 0 spiro atoms. The first-order valence-corrected chi connectivity index (χ1v) is 5.73. The van der Waals surface area contributed by atoms with Crippen molar-refractivity contribution in [2.24, 2.45) is 17.8 Å². The maximum absolute atomic E-state index is 11.8. The van der Waals surface area contributed by atoms with Gasteiger partial charge in [0, 0.05) is 12.5 Å². The third kappa shape index (κ3) is 2.26. The SMILES string of the molecule is COC(=O)CCNC(=O)C1CC2C=CC1C2. The van der Waals surface area contributed by atoms with E-state index in [0.29, 0.717) is 18.4 Å². The predicted octanol–water partition coefficient (Wildman–Crippen LogP) is 0.878. The molecule has 1 saturated carbocycles. The molecular formula is C12H17NO3. The van der Waals surface area contributed by atoms with Gasteiger partial charge in [-0.15, -0.1) is 0 Å². The molecule has 0 aromatic rings. The molecule has 4 nitrogen and oxygen atoms in total. The Labute approximate surface area is 95.0 Å². The molecule has 88 valence electrons. The molecule has 2 bridgehead atoms. The molecule has 1 fully saturated rings. The highest BCUT2D eigenvalue weighted by atomic mass is 16.5. The molecule has 16 heavy (non-hydrogen) atoms. The number of hydrogen-bond acceptors (Lipinski definition) is 3. The number of fused-ring (bicyclic) bond motifs is 2. The summed E-state index contributed by atoms with van der Waals surface area (Å²) >= 11 is 0. The fraction of sp³-hybridized carbons (Fsp3) is 0.667. The molecule has 0 aliphatic heterocycles. The number of allylic oxidation sites excluding steroid dienone is 2. The molecule has 3 unspecified atom stereocenters. The molecule has 2 aliphatic rings. The van der Waals surface area contributed by atoms with Gasteiger partial charge < -0.3 is 10.1 Å². The number of carbonyl (C=O) groups excluding carboxylic acids is 2. The Kier molecular flexibility index (Phi) is 3.27. The molecule has 3 atom stereocenters. The Morgan fingerprint density at radius 3 is 2.75 bits per heavy atom. The van der Waals surface area contributed by atoms with Gasteiger partial charge in [-0.05, 0) is 24.7 Å². The van der Waals surface area contributed by atoms with Crippen LogP contribution in [-0.4, -0.2) is 25.5 Å². The summed E-state index contributed by atoms with van der Waals surface area (Å²) in [6, 6.07) is 0. The number of amides is 1. The van der Waals surface area contributed by atoms with Crippen molar-refractivity contribution in [2.75, 3.05) is 13.7 Å². The lowest BCUT2D eigenvalue weighted by atomic mass is 9.93. The van der Waals surface area contributed by atoms with Crippen molar-refractivity contribution in [3.05, 3.63) is 12.2 Å². The van der Waals surface area contributed by atoms with Crippen LogP contribution in [0.3, 0.4) is 0 Å². The Morgan fingerprint density at radius 2 is 2.19 bits per heavy atom. The van der Waals surface area contributed by atoms with Crippen molar-refractivity contribution in [3.63, 3.8) is 0 Å². The van der Waals surface area contributed by atoms with Crippen molar-refractivity contribution in [1.82, 2.24) is 5.32 Å². The zero-order valence-corrected chi connectivity index (χ0v) is 9.44. The van der Waals surface area contributed by atoms with Crippen LogP contribution in [0.15, 0.2) is 12.2 Å². The summed E-state index contributed by atoms with van der Waals surface area (Å²) in [5, 5.41) is 2.80. The minimum absolute atomic E-state index is 0.0840. The van der Waals surface area contributed by atoms with E-state index in [1.165, 1.54) is 7.11 Å². The summed E-state index contributed by atoms with van der Waals surface area (Å²) in [7, 11) is 1.35. The number of ether oxygens (including phenoxy) is 1. The summed E-state index contributed by atoms with van der Waals surface area (Å²) in [4.78, 5) is 22.7. The highest BCUT2D eigenvalue weighted by Crippen LogP contribution is 2.43. The average molecular weight is 223 g/mol. The fourth-order valence-corrected chi connectivity index (χ4v) is 2.60. The van der Waals surface area contributed by atoms with Crippen molar-refractivity contribution < 1.29 is 14.3 Å². The predicted molar refractivity (Wildman–Crippen MR) is 58.5 cm³/mol. The molecule has 0 heterocycles.